The van der Waals surface area contributed by atoms with Gasteiger partial charge in [-0.3, -0.25) is 4.90 Å². The summed E-state index contributed by atoms with van der Waals surface area (Å²) in [7, 11) is 1.47. The normalized spacial score (nSPS) is 21.6. The number of nitrogens with zero attached hydrogens (tertiary/aromatic N) is 4. The van der Waals surface area contributed by atoms with Crippen LogP contribution in [0.2, 0.25) is 0 Å². The minimum absolute atomic E-state index is 0.173. The molecule has 1 saturated heterocycles. The summed E-state index contributed by atoms with van der Waals surface area (Å²) in [5.74, 6) is -2.04. The lowest BCUT2D eigenvalue weighted by Crippen LogP contribution is -2.57. The number of ether oxygens (including phenoxy) is 2. The number of oxime groups is 1. The number of morpholine rings is 1. The molecule has 1 aromatic heterocycles. The van der Waals surface area contributed by atoms with Crippen LogP contribution in [0.25, 0.3) is 11.8 Å². The minimum atomic E-state index is -3.73. The Bertz CT molecular complexity index is 1370. The number of alkyl halides is 2. The molecule has 5 rings (SSSR count). The number of hydrogen-bond donors (Lipinski definition) is 1. The Morgan fingerprint density at radius 3 is 2.56 bits per heavy atom. The zero-order valence-electron chi connectivity index (χ0n) is 19.1. The molecule has 0 amide bonds. The van der Waals surface area contributed by atoms with E-state index in [1.165, 1.54) is 13.2 Å². The monoisotopic (exact) mass is 504 g/mol. The first-order chi connectivity index (χ1) is 17.1. The van der Waals surface area contributed by atoms with Crippen LogP contribution in [-0.4, -0.2) is 51.8 Å². The molecule has 12 heteroatoms. The van der Waals surface area contributed by atoms with Crippen LogP contribution < -0.4 is 4.74 Å². The van der Waals surface area contributed by atoms with E-state index in [2.05, 4.69) is 10.1 Å². The number of methoxy groups -OCH3 is 1. The van der Waals surface area contributed by atoms with Gasteiger partial charge in [0.2, 0.25) is 5.84 Å². The van der Waals surface area contributed by atoms with Gasteiger partial charge in [-0.2, -0.15) is 8.78 Å². The zero-order valence-corrected chi connectivity index (χ0v) is 19.1. The second kappa shape index (κ2) is 8.55. The number of rotatable bonds is 5. The van der Waals surface area contributed by atoms with Crippen LogP contribution in [0.15, 0.2) is 59.8 Å². The van der Waals surface area contributed by atoms with Crippen molar-refractivity contribution in [3.8, 4) is 11.4 Å². The Labute approximate surface area is 202 Å². The summed E-state index contributed by atoms with van der Waals surface area (Å²) in [5.41, 5.74) is -0.400. The van der Waals surface area contributed by atoms with Gasteiger partial charge in [-0.05, 0) is 42.8 Å². The fourth-order valence-corrected chi connectivity index (χ4v) is 4.18. The molecule has 3 heterocycles. The first kappa shape index (κ1) is 23.7. The molecule has 0 aliphatic carbocycles. The molecule has 2 aromatic carbocycles. The summed E-state index contributed by atoms with van der Waals surface area (Å²) in [4.78, 5) is 10.5. The van der Waals surface area contributed by atoms with Gasteiger partial charge >= 0.3 is 6.11 Å². The Kier molecular flexibility index (Phi) is 5.62. The first-order valence-electron chi connectivity index (χ1n) is 10.7. The molecule has 1 atom stereocenters. The average Bonchev–Trinajstić information content (AvgIpc) is 3.41. The first-order valence-corrected chi connectivity index (χ1v) is 10.7. The Morgan fingerprint density at radius 2 is 1.92 bits per heavy atom. The molecular weight excluding hydrogens is 484 g/mol. The maximum absolute atomic E-state index is 14.7. The van der Waals surface area contributed by atoms with Crippen LogP contribution in [0.5, 0.6) is 5.75 Å². The maximum Gasteiger partial charge on any atom is 0.416 e. The van der Waals surface area contributed by atoms with Crippen molar-refractivity contribution >= 4 is 11.9 Å². The Balaban J connectivity index is 1.55. The second-order valence-electron chi connectivity index (χ2n) is 8.29. The van der Waals surface area contributed by atoms with Gasteiger partial charge in [0.05, 0.1) is 24.8 Å². The van der Waals surface area contributed by atoms with Crippen LogP contribution in [0.4, 0.5) is 17.6 Å². The van der Waals surface area contributed by atoms with Gasteiger partial charge in [0.25, 0.3) is 5.72 Å². The molecule has 1 fully saturated rings. The third-order valence-corrected chi connectivity index (χ3v) is 5.82. The molecule has 0 bridgehead atoms. The van der Waals surface area contributed by atoms with E-state index in [0.717, 1.165) is 22.7 Å². The van der Waals surface area contributed by atoms with E-state index in [0.29, 0.717) is 23.1 Å². The maximum atomic E-state index is 14.7. The van der Waals surface area contributed by atoms with E-state index < -0.39 is 36.6 Å². The largest absolute Gasteiger partial charge is 0.495 e. The van der Waals surface area contributed by atoms with Crippen molar-refractivity contribution in [1.29, 1.82) is 0 Å². The summed E-state index contributed by atoms with van der Waals surface area (Å²) in [6.45, 7) is -0.160. The van der Waals surface area contributed by atoms with Crippen molar-refractivity contribution in [1.82, 2.24) is 14.5 Å². The smallest absolute Gasteiger partial charge is 0.416 e. The number of fused-ring (bicyclic) bond motifs is 1. The highest BCUT2D eigenvalue weighted by molar-refractivity contribution is 6.01. The summed E-state index contributed by atoms with van der Waals surface area (Å²) in [6.07, 6.45) is 0.978. The van der Waals surface area contributed by atoms with Crippen LogP contribution >= 0.6 is 0 Å². The number of imidazole rings is 1. The van der Waals surface area contributed by atoms with Gasteiger partial charge in [-0.25, -0.2) is 13.8 Å². The number of aliphatic hydroxyl groups excluding tert-OH is 1. The van der Waals surface area contributed by atoms with Crippen LogP contribution in [0, 0.1) is 18.6 Å². The lowest BCUT2D eigenvalue weighted by molar-refractivity contribution is -0.248. The summed E-state index contributed by atoms with van der Waals surface area (Å²) in [6, 6.07) is 7.36. The van der Waals surface area contributed by atoms with Gasteiger partial charge in [0.15, 0.2) is 5.76 Å². The number of aryl methyl sites for hydroxylation is 1. The van der Waals surface area contributed by atoms with E-state index in [4.69, 9.17) is 14.3 Å². The third-order valence-electron chi connectivity index (χ3n) is 5.82. The van der Waals surface area contributed by atoms with Crippen molar-refractivity contribution in [2.45, 2.75) is 18.8 Å². The molecule has 0 unspecified atom stereocenters. The fourth-order valence-electron chi connectivity index (χ4n) is 4.18. The molecule has 1 N–H and O–H groups in total. The minimum Gasteiger partial charge on any atom is -0.495 e. The van der Waals surface area contributed by atoms with Gasteiger partial charge in [-0.1, -0.05) is 11.2 Å². The Hall–Kier alpha value is -4.06. The van der Waals surface area contributed by atoms with Crippen LogP contribution in [-0.2, 0) is 15.3 Å². The quantitative estimate of drug-likeness (QED) is 0.531. The number of benzene rings is 2. The van der Waals surface area contributed by atoms with Gasteiger partial charge in [-0.15, -0.1) is 0 Å². The van der Waals surface area contributed by atoms with Crippen molar-refractivity contribution in [2.24, 2.45) is 5.16 Å². The molecule has 2 aliphatic rings. The molecule has 36 heavy (non-hydrogen) atoms. The lowest BCUT2D eigenvalue weighted by atomic mass is 10.00. The van der Waals surface area contributed by atoms with Crippen molar-refractivity contribution < 1.29 is 37.0 Å². The van der Waals surface area contributed by atoms with Crippen molar-refractivity contribution in [2.75, 3.05) is 20.3 Å². The molecular formula is C24H20F4N4O4. The SMILES string of the molecule is COc1cc(/C=C2\OC(F)(F)CN3C2=NO[C@]3(CO)c2cc(F)cc(F)c2)ccc1-n1cnc(C)c1. The molecule has 8 nitrogen and oxygen atoms in total. The number of aliphatic hydroxyl groups is 1. The highest BCUT2D eigenvalue weighted by atomic mass is 19.3. The average molecular weight is 504 g/mol. The summed E-state index contributed by atoms with van der Waals surface area (Å²) < 4.78 is 69.4. The third kappa shape index (κ3) is 4.02. The predicted molar refractivity (Wildman–Crippen MR) is 119 cm³/mol. The summed E-state index contributed by atoms with van der Waals surface area (Å²) in [5, 5.41) is 14.0. The highest BCUT2D eigenvalue weighted by Crippen LogP contribution is 2.43. The van der Waals surface area contributed by atoms with Gasteiger partial charge < -0.3 is 24.0 Å². The molecule has 0 radical (unpaired) electrons. The molecule has 3 aromatic rings. The number of amidine groups is 1. The van der Waals surface area contributed by atoms with E-state index in [1.807, 2.05) is 6.92 Å². The Morgan fingerprint density at radius 1 is 1.17 bits per heavy atom. The van der Waals surface area contributed by atoms with Gasteiger partial charge in [0.1, 0.15) is 30.5 Å². The molecule has 0 spiro atoms. The van der Waals surface area contributed by atoms with Crippen LogP contribution in [0.3, 0.4) is 0 Å². The predicted octanol–water partition coefficient (Wildman–Crippen LogP) is 3.92. The molecule has 188 valence electrons. The van der Waals surface area contributed by atoms with Gasteiger partial charge in [0, 0.05) is 17.8 Å². The molecule has 0 saturated carbocycles. The zero-order chi connectivity index (χ0) is 25.7. The fraction of sp³-hybridized carbons (Fsp3) is 0.250. The standard InChI is InChI=1S/C24H20F4N4O4/c1-14-10-31(13-29-14)19-4-3-15(5-20(19)34-2)6-21-22-30-36-23(12-33,32(22)11-24(27,28)35-21)16-7-17(25)9-18(26)8-16/h3-10,13,33H,11-12H2,1-2H3/b21-6-/t23-/m1/s1. The lowest BCUT2D eigenvalue weighted by Gasteiger charge is -2.40. The molecule has 2 aliphatic heterocycles. The van der Waals surface area contributed by atoms with E-state index in [1.54, 1.807) is 35.3 Å². The number of halogens is 4. The van der Waals surface area contributed by atoms with E-state index in [9.17, 15) is 22.7 Å². The van der Waals surface area contributed by atoms with Crippen molar-refractivity contribution in [3.63, 3.8) is 0 Å². The number of hydrogen-bond acceptors (Lipinski definition) is 7. The van der Waals surface area contributed by atoms with Crippen LogP contribution in [0.1, 0.15) is 16.8 Å². The second-order valence-corrected chi connectivity index (χ2v) is 8.29. The topological polar surface area (TPSA) is 81.3 Å². The van der Waals surface area contributed by atoms with E-state index in [-0.39, 0.29) is 17.2 Å². The number of aromatic nitrogens is 2. The van der Waals surface area contributed by atoms with E-state index >= 15 is 0 Å². The highest BCUT2D eigenvalue weighted by Gasteiger charge is 2.57. The summed E-state index contributed by atoms with van der Waals surface area (Å²) >= 11 is 0. The van der Waals surface area contributed by atoms with Crippen molar-refractivity contribution in [3.05, 3.63) is 83.1 Å².